The van der Waals surface area contributed by atoms with Crippen LogP contribution < -0.4 is 4.74 Å². The summed E-state index contributed by atoms with van der Waals surface area (Å²) in [7, 11) is 1.43. The molecule has 1 saturated heterocycles. The van der Waals surface area contributed by atoms with Crippen molar-refractivity contribution in [3.05, 3.63) is 11.8 Å². The number of carbonyl (C=O) groups is 2. The fraction of sp³-hybridized carbons (Fsp3) is 0.583. The van der Waals surface area contributed by atoms with Crippen LogP contribution in [-0.2, 0) is 4.79 Å². The maximum Gasteiger partial charge on any atom is 0.311 e. The van der Waals surface area contributed by atoms with E-state index in [1.807, 2.05) is 0 Å². The number of carbonyl (C=O) groups excluding carboxylic acids is 1. The molecule has 1 N–H and O–H groups in total. The number of rotatable bonds is 3. The maximum absolute atomic E-state index is 12.2. The molecule has 0 aliphatic carbocycles. The van der Waals surface area contributed by atoms with E-state index < -0.39 is 11.4 Å². The number of piperidine rings is 1. The van der Waals surface area contributed by atoms with Crippen molar-refractivity contribution in [3.63, 3.8) is 0 Å². The third-order valence-electron chi connectivity index (χ3n) is 3.41. The van der Waals surface area contributed by atoms with Crippen molar-refractivity contribution in [2.45, 2.75) is 19.8 Å². The molecule has 1 fully saturated rings. The molecule has 7 nitrogen and oxygen atoms in total. The van der Waals surface area contributed by atoms with E-state index in [9.17, 15) is 14.7 Å². The number of hydrogen-bond donors (Lipinski definition) is 1. The van der Waals surface area contributed by atoms with Crippen LogP contribution in [0.5, 0.6) is 5.88 Å². The van der Waals surface area contributed by atoms with Gasteiger partial charge < -0.3 is 19.3 Å². The highest BCUT2D eigenvalue weighted by atomic mass is 16.5. The number of carboxylic acid groups (broad SMARTS) is 1. The van der Waals surface area contributed by atoms with Gasteiger partial charge in [-0.1, -0.05) is 0 Å². The quantitative estimate of drug-likeness (QED) is 0.879. The summed E-state index contributed by atoms with van der Waals surface area (Å²) in [6.07, 6.45) is 1.21. The topological polar surface area (TPSA) is 92.9 Å². The molecule has 19 heavy (non-hydrogen) atoms. The number of amides is 1. The molecule has 1 unspecified atom stereocenters. The van der Waals surface area contributed by atoms with Crippen molar-refractivity contribution >= 4 is 11.9 Å². The average molecular weight is 268 g/mol. The van der Waals surface area contributed by atoms with Crippen molar-refractivity contribution in [1.29, 1.82) is 0 Å². The van der Waals surface area contributed by atoms with Crippen molar-refractivity contribution in [3.8, 4) is 5.88 Å². The van der Waals surface area contributed by atoms with Gasteiger partial charge in [-0.05, 0) is 24.9 Å². The SMILES string of the molecule is COc1cc(C(=O)N2CCCC(C)(C(=O)O)C2)on1. The zero-order valence-corrected chi connectivity index (χ0v) is 10.9. The van der Waals surface area contributed by atoms with E-state index in [4.69, 9.17) is 9.26 Å². The van der Waals surface area contributed by atoms with Crippen LogP contribution in [0.2, 0.25) is 0 Å². The fourth-order valence-electron chi connectivity index (χ4n) is 2.20. The molecule has 0 spiro atoms. The fourth-order valence-corrected chi connectivity index (χ4v) is 2.20. The van der Waals surface area contributed by atoms with Gasteiger partial charge >= 0.3 is 5.97 Å². The monoisotopic (exact) mass is 268 g/mol. The van der Waals surface area contributed by atoms with Gasteiger partial charge in [-0.25, -0.2) is 0 Å². The first-order chi connectivity index (χ1) is 8.96. The lowest BCUT2D eigenvalue weighted by Crippen LogP contribution is -2.48. The van der Waals surface area contributed by atoms with Crippen LogP contribution in [0.1, 0.15) is 30.3 Å². The van der Waals surface area contributed by atoms with E-state index in [1.165, 1.54) is 18.1 Å². The van der Waals surface area contributed by atoms with Gasteiger partial charge in [0.1, 0.15) is 0 Å². The molecule has 1 aromatic heterocycles. The molecule has 2 heterocycles. The molecule has 1 aliphatic rings. The minimum atomic E-state index is -0.905. The second-order valence-electron chi connectivity index (χ2n) is 4.93. The number of aliphatic carboxylic acids is 1. The molecular weight excluding hydrogens is 252 g/mol. The van der Waals surface area contributed by atoms with E-state index in [0.717, 1.165) is 0 Å². The number of ether oxygens (including phenoxy) is 1. The molecule has 0 saturated carbocycles. The first-order valence-electron chi connectivity index (χ1n) is 6.00. The molecule has 1 atom stereocenters. The van der Waals surface area contributed by atoms with E-state index in [0.29, 0.717) is 19.4 Å². The Hall–Kier alpha value is -2.05. The number of carboxylic acids is 1. The van der Waals surface area contributed by atoms with Crippen LogP contribution in [0.3, 0.4) is 0 Å². The summed E-state index contributed by atoms with van der Waals surface area (Å²) < 4.78 is 9.73. The standard InChI is InChI=1S/C12H16N2O5/c1-12(11(16)17)4-3-5-14(7-12)10(15)8-6-9(18-2)13-19-8/h6H,3-5,7H2,1-2H3,(H,16,17). The van der Waals surface area contributed by atoms with Gasteiger partial charge in [-0.15, -0.1) is 0 Å². The summed E-state index contributed by atoms with van der Waals surface area (Å²) in [6.45, 7) is 2.34. The van der Waals surface area contributed by atoms with Gasteiger partial charge in [0, 0.05) is 13.1 Å². The van der Waals surface area contributed by atoms with Gasteiger partial charge in [-0.3, -0.25) is 9.59 Å². The van der Waals surface area contributed by atoms with Gasteiger partial charge in [0.2, 0.25) is 5.76 Å². The predicted octanol–water partition coefficient (Wildman–Crippen LogP) is 1.01. The Bertz CT molecular complexity index is 498. The second kappa shape index (κ2) is 4.91. The van der Waals surface area contributed by atoms with Crippen LogP contribution in [0.25, 0.3) is 0 Å². The third kappa shape index (κ3) is 2.54. The summed E-state index contributed by atoms with van der Waals surface area (Å²) in [5, 5.41) is 12.8. The van der Waals surface area contributed by atoms with Gasteiger partial charge in [-0.2, -0.15) is 0 Å². The van der Waals surface area contributed by atoms with Crippen molar-refractivity contribution < 1.29 is 24.0 Å². The zero-order chi connectivity index (χ0) is 14.0. The molecule has 7 heteroatoms. The summed E-state index contributed by atoms with van der Waals surface area (Å²) in [5.41, 5.74) is -0.905. The number of methoxy groups -OCH3 is 1. The van der Waals surface area contributed by atoms with E-state index >= 15 is 0 Å². The Balaban J connectivity index is 2.13. The zero-order valence-electron chi connectivity index (χ0n) is 10.9. The summed E-state index contributed by atoms with van der Waals surface area (Å²) in [5.74, 6) is -0.962. The lowest BCUT2D eigenvalue weighted by molar-refractivity contribution is -0.150. The third-order valence-corrected chi connectivity index (χ3v) is 3.41. The largest absolute Gasteiger partial charge is 0.481 e. The summed E-state index contributed by atoms with van der Waals surface area (Å²) >= 11 is 0. The van der Waals surface area contributed by atoms with E-state index in [2.05, 4.69) is 5.16 Å². The predicted molar refractivity (Wildman–Crippen MR) is 63.9 cm³/mol. The van der Waals surface area contributed by atoms with Gasteiger partial charge in [0.25, 0.3) is 11.8 Å². The number of nitrogens with zero attached hydrogens (tertiary/aromatic N) is 2. The van der Waals surface area contributed by atoms with E-state index in [1.54, 1.807) is 6.92 Å². The minimum Gasteiger partial charge on any atom is -0.481 e. The molecule has 1 amide bonds. The normalized spacial score (nSPS) is 23.2. The Morgan fingerprint density at radius 3 is 2.89 bits per heavy atom. The number of likely N-dealkylation sites (tertiary alicyclic amines) is 1. The minimum absolute atomic E-state index is 0.0616. The van der Waals surface area contributed by atoms with Crippen molar-refractivity contribution in [1.82, 2.24) is 10.1 Å². The Labute approximate surface area is 110 Å². The Morgan fingerprint density at radius 2 is 2.32 bits per heavy atom. The van der Waals surface area contributed by atoms with Crippen molar-refractivity contribution in [2.75, 3.05) is 20.2 Å². The highest BCUT2D eigenvalue weighted by Crippen LogP contribution is 2.30. The summed E-state index contributed by atoms with van der Waals surface area (Å²) in [6, 6.07) is 1.40. The molecule has 0 aromatic carbocycles. The summed E-state index contributed by atoms with van der Waals surface area (Å²) in [4.78, 5) is 24.9. The lowest BCUT2D eigenvalue weighted by atomic mass is 9.82. The lowest BCUT2D eigenvalue weighted by Gasteiger charge is -2.36. The molecule has 0 bridgehead atoms. The van der Waals surface area contributed by atoms with Crippen LogP contribution in [0.4, 0.5) is 0 Å². The number of aromatic nitrogens is 1. The van der Waals surface area contributed by atoms with Crippen LogP contribution in [0.15, 0.2) is 10.6 Å². The second-order valence-corrected chi connectivity index (χ2v) is 4.93. The molecule has 2 rings (SSSR count). The van der Waals surface area contributed by atoms with Crippen LogP contribution >= 0.6 is 0 Å². The van der Waals surface area contributed by atoms with E-state index in [-0.39, 0.29) is 24.1 Å². The maximum atomic E-state index is 12.2. The van der Waals surface area contributed by atoms with Gasteiger partial charge in [0.15, 0.2) is 0 Å². The van der Waals surface area contributed by atoms with Gasteiger partial charge in [0.05, 0.1) is 18.6 Å². The number of hydrogen-bond acceptors (Lipinski definition) is 5. The molecule has 0 radical (unpaired) electrons. The highest BCUT2D eigenvalue weighted by Gasteiger charge is 2.40. The Morgan fingerprint density at radius 1 is 1.58 bits per heavy atom. The van der Waals surface area contributed by atoms with Crippen molar-refractivity contribution in [2.24, 2.45) is 5.41 Å². The van der Waals surface area contributed by atoms with Crippen LogP contribution in [-0.4, -0.2) is 47.2 Å². The molecule has 1 aromatic rings. The average Bonchev–Trinajstić information content (AvgIpc) is 2.86. The van der Waals surface area contributed by atoms with Crippen LogP contribution in [0, 0.1) is 5.41 Å². The smallest absolute Gasteiger partial charge is 0.311 e. The highest BCUT2D eigenvalue weighted by molar-refractivity contribution is 5.92. The molecular formula is C12H16N2O5. The Kier molecular flexibility index (Phi) is 3.46. The molecule has 1 aliphatic heterocycles. The first-order valence-corrected chi connectivity index (χ1v) is 6.00. The molecule has 104 valence electrons. The first kappa shape index (κ1) is 13.4.